The summed E-state index contributed by atoms with van der Waals surface area (Å²) in [5.41, 5.74) is 8.28. The summed E-state index contributed by atoms with van der Waals surface area (Å²) in [4.78, 5) is 4.77. The highest BCUT2D eigenvalue weighted by Crippen LogP contribution is 2.23. The topological polar surface area (TPSA) is 48.1 Å². The molecule has 0 unspecified atom stereocenters. The van der Waals surface area contributed by atoms with Crippen LogP contribution in [-0.2, 0) is 0 Å². The molecule has 19 heavy (non-hydrogen) atoms. The summed E-state index contributed by atoms with van der Waals surface area (Å²) in [6, 6.07) is 7.81. The molecular formula is C15H18N2OS. The zero-order valence-electron chi connectivity index (χ0n) is 11.4. The summed E-state index contributed by atoms with van der Waals surface area (Å²) in [5.74, 6) is 1.38. The van der Waals surface area contributed by atoms with Crippen LogP contribution in [0.15, 0.2) is 24.3 Å². The number of nitrogens with two attached hydrogens (primary N) is 1. The molecule has 1 aromatic carbocycles. The Kier molecular flexibility index (Phi) is 4.00. The van der Waals surface area contributed by atoms with E-state index >= 15 is 0 Å². The van der Waals surface area contributed by atoms with Gasteiger partial charge in [-0.2, -0.15) is 0 Å². The van der Waals surface area contributed by atoms with Crippen molar-refractivity contribution in [3.63, 3.8) is 0 Å². The fourth-order valence-electron chi connectivity index (χ4n) is 1.85. The number of aromatic nitrogens is 1. The van der Waals surface area contributed by atoms with E-state index in [1.807, 2.05) is 31.2 Å². The van der Waals surface area contributed by atoms with Gasteiger partial charge in [-0.1, -0.05) is 26.1 Å². The molecule has 1 aromatic heterocycles. The Bertz CT molecular complexity index is 623. The lowest BCUT2D eigenvalue weighted by atomic mass is 10.1. The summed E-state index contributed by atoms with van der Waals surface area (Å²) in [7, 11) is 0. The summed E-state index contributed by atoms with van der Waals surface area (Å²) < 4.78 is 5.73. The van der Waals surface area contributed by atoms with Crippen molar-refractivity contribution >= 4 is 28.1 Å². The number of pyridine rings is 1. The number of ether oxygens (including phenoxy) is 1. The zero-order chi connectivity index (χ0) is 14.0. The van der Waals surface area contributed by atoms with Crippen molar-refractivity contribution in [3.05, 3.63) is 35.5 Å². The van der Waals surface area contributed by atoms with E-state index < -0.39 is 0 Å². The fourth-order valence-corrected chi connectivity index (χ4v) is 1.96. The third kappa shape index (κ3) is 3.20. The van der Waals surface area contributed by atoms with Crippen LogP contribution in [0.5, 0.6) is 5.75 Å². The molecule has 0 radical (unpaired) electrons. The summed E-state index contributed by atoms with van der Waals surface area (Å²) in [6.45, 7) is 6.99. The van der Waals surface area contributed by atoms with Gasteiger partial charge in [0.25, 0.3) is 0 Å². The monoisotopic (exact) mass is 274 g/mol. The second-order valence-electron chi connectivity index (χ2n) is 5.07. The molecule has 0 saturated heterocycles. The number of hydrogen-bond donors (Lipinski definition) is 1. The molecule has 0 aliphatic heterocycles. The highest BCUT2D eigenvalue weighted by Gasteiger charge is 2.06. The summed E-state index contributed by atoms with van der Waals surface area (Å²) in [5, 5.41) is 1.07. The molecule has 0 atom stereocenters. The minimum Gasteiger partial charge on any atom is -0.493 e. The highest BCUT2D eigenvalue weighted by atomic mass is 32.1. The van der Waals surface area contributed by atoms with Gasteiger partial charge in [-0.3, -0.25) is 0 Å². The van der Waals surface area contributed by atoms with Gasteiger partial charge in [-0.25, -0.2) is 4.98 Å². The number of fused-ring (bicyclic) bond motifs is 1. The van der Waals surface area contributed by atoms with Gasteiger partial charge in [0.05, 0.1) is 17.8 Å². The van der Waals surface area contributed by atoms with E-state index in [1.165, 1.54) is 0 Å². The number of rotatable bonds is 4. The van der Waals surface area contributed by atoms with Gasteiger partial charge in [0, 0.05) is 5.39 Å². The Labute approximate surface area is 118 Å². The van der Waals surface area contributed by atoms with E-state index in [1.54, 1.807) is 0 Å². The van der Waals surface area contributed by atoms with Crippen LogP contribution in [-0.4, -0.2) is 16.6 Å². The largest absolute Gasteiger partial charge is 0.493 e. The van der Waals surface area contributed by atoms with E-state index in [9.17, 15) is 0 Å². The van der Waals surface area contributed by atoms with Crippen LogP contribution in [0.25, 0.3) is 10.9 Å². The summed E-state index contributed by atoms with van der Waals surface area (Å²) in [6.07, 6.45) is 0. The van der Waals surface area contributed by atoms with Crippen molar-refractivity contribution in [1.82, 2.24) is 4.98 Å². The van der Waals surface area contributed by atoms with E-state index in [2.05, 4.69) is 18.8 Å². The molecule has 0 saturated carbocycles. The van der Waals surface area contributed by atoms with Gasteiger partial charge < -0.3 is 10.5 Å². The van der Waals surface area contributed by atoms with Crippen LogP contribution in [0.4, 0.5) is 0 Å². The molecule has 0 bridgehead atoms. The van der Waals surface area contributed by atoms with Crippen LogP contribution in [0.1, 0.15) is 25.1 Å². The number of aryl methyl sites for hydroxylation is 1. The van der Waals surface area contributed by atoms with Crippen LogP contribution in [0, 0.1) is 12.8 Å². The van der Waals surface area contributed by atoms with E-state index in [-0.39, 0.29) is 0 Å². The molecule has 0 aliphatic carbocycles. The number of hydrogen-bond acceptors (Lipinski definition) is 3. The molecular weight excluding hydrogens is 256 g/mol. The van der Waals surface area contributed by atoms with Gasteiger partial charge in [-0.15, -0.1) is 0 Å². The van der Waals surface area contributed by atoms with Gasteiger partial charge in [0.2, 0.25) is 0 Å². The van der Waals surface area contributed by atoms with Crippen LogP contribution in [0.3, 0.4) is 0 Å². The van der Waals surface area contributed by atoms with E-state index in [4.69, 9.17) is 22.7 Å². The first-order valence-electron chi connectivity index (χ1n) is 6.31. The zero-order valence-corrected chi connectivity index (χ0v) is 12.3. The Morgan fingerprint density at radius 3 is 2.74 bits per heavy atom. The van der Waals surface area contributed by atoms with Gasteiger partial charge in [-0.05, 0) is 42.7 Å². The third-order valence-electron chi connectivity index (χ3n) is 2.82. The highest BCUT2D eigenvalue weighted by molar-refractivity contribution is 7.80. The third-order valence-corrected chi connectivity index (χ3v) is 3.03. The van der Waals surface area contributed by atoms with Crippen LogP contribution >= 0.6 is 12.2 Å². The predicted molar refractivity (Wildman–Crippen MR) is 82.7 cm³/mol. The minimum absolute atomic E-state index is 0.324. The molecule has 4 heteroatoms. The van der Waals surface area contributed by atoms with Gasteiger partial charge in [0.1, 0.15) is 10.7 Å². The second-order valence-corrected chi connectivity index (χ2v) is 5.51. The Morgan fingerprint density at radius 1 is 1.37 bits per heavy atom. The first kappa shape index (κ1) is 13.7. The Morgan fingerprint density at radius 2 is 2.11 bits per heavy atom. The normalized spacial score (nSPS) is 10.9. The molecule has 2 rings (SSSR count). The molecule has 2 aromatic rings. The van der Waals surface area contributed by atoms with E-state index in [0.29, 0.717) is 23.2 Å². The maximum Gasteiger partial charge on any atom is 0.122 e. The fraction of sp³-hybridized carbons (Fsp3) is 0.333. The Balaban J connectivity index is 2.40. The lowest BCUT2D eigenvalue weighted by Crippen LogP contribution is -2.12. The van der Waals surface area contributed by atoms with Crippen molar-refractivity contribution < 1.29 is 4.74 Å². The minimum atomic E-state index is 0.324. The molecule has 2 N–H and O–H groups in total. The molecule has 3 nitrogen and oxygen atoms in total. The molecule has 0 spiro atoms. The average Bonchev–Trinajstić information content (AvgIpc) is 2.36. The molecule has 0 amide bonds. The predicted octanol–water partition coefficient (Wildman–Crippen LogP) is 3.21. The quantitative estimate of drug-likeness (QED) is 0.870. The average molecular weight is 274 g/mol. The molecule has 100 valence electrons. The maximum atomic E-state index is 5.73. The standard InChI is InChI=1S/C15H18N2OS/c1-9(2)8-18-11-4-5-13-12(7-11)10(3)6-14(17-13)15(16)19/h4-7,9H,8H2,1-3H3,(H2,16,19). The van der Waals surface area contributed by atoms with Crippen molar-refractivity contribution in [2.45, 2.75) is 20.8 Å². The number of nitrogens with zero attached hydrogens (tertiary/aromatic N) is 1. The molecule has 1 heterocycles. The Hall–Kier alpha value is -1.68. The molecule has 0 fully saturated rings. The lowest BCUT2D eigenvalue weighted by Gasteiger charge is -2.11. The van der Waals surface area contributed by atoms with Gasteiger partial charge >= 0.3 is 0 Å². The lowest BCUT2D eigenvalue weighted by molar-refractivity contribution is 0.271. The smallest absolute Gasteiger partial charge is 0.122 e. The number of thiocarbonyl (C=S) groups is 1. The first-order chi connectivity index (χ1) is 8.97. The van der Waals surface area contributed by atoms with Crippen molar-refractivity contribution in [2.75, 3.05) is 6.61 Å². The van der Waals surface area contributed by atoms with Crippen LogP contribution < -0.4 is 10.5 Å². The van der Waals surface area contributed by atoms with Gasteiger partial charge in [0.15, 0.2) is 0 Å². The summed E-state index contributed by atoms with van der Waals surface area (Å²) >= 11 is 4.97. The van der Waals surface area contributed by atoms with Crippen molar-refractivity contribution in [2.24, 2.45) is 11.7 Å². The van der Waals surface area contributed by atoms with Crippen molar-refractivity contribution in [1.29, 1.82) is 0 Å². The van der Waals surface area contributed by atoms with Crippen molar-refractivity contribution in [3.8, 4) is 5.75 Å². The van der Waals surface area contributed by atoms with E-state index in [0.717, 1.165) is 22.2 Å². The SMILES string of the molecule is Cc1cc(C(N)=S)nc2ccc(OCC(C)C)cc12. The number of benzene rings is 1. The maximum absolute atomic E-state index is 5.73. The molecule has 0 aliphatic rings. The van der Waals surface area contributed by atoms with Crippen LogP contribution in [0.2, 0.25) is 0 Å². The second kappa shape index (κ2) is 5.53. The first-order valence-corrected chi connectivity index (χ1v) is 6.72.